The molecule has 1 N–H and O–H groups in total. The van der Waals surface area contributed by atoms with Crippen molar-refractivity contribution in [3.8, 4) is 0 Å². The number of carbonyl (C=O) groups is 1. The number of hydrogen-bond acceptors (Lipinski definition) is 2. The van der Waals surface area contributed by atoms with Crippen LogP contribution in [-0.4, -0.2) is 29.1 Å². The van der Waals surface area contributed by atoms with Gasteiger partial charge in [-0.1, -0.05) is 18.2 Å². The van der Waals surface area contributed by atoms with Crippen LogP contribution in [0.5, 0.6) is 0 Å². The van der Waals surface area contributed by atoms with Crippen molar-refractivity contribution < 1.29 is 9.90 Å². The average molecular weight is 221 g/mol. The summed E-state index contributed by atoms with van der Waals surface area (Å²) in [7, 11) is 1.83. The minimum absolute atomic E-state index is 0.458. The molecule has 1 unspecified atom stereocenters. The number of carboxylic acids is 1. The molecule has 0 saturated heterocycles. The zero-order valence-electron chi connectivity index (χ0n) is 10.3. The van der Waals surface area contributed by atoms with Crippen LogP contribution in [0.2, 0.25) is 0 Å². The quantitative estimate of drug-likeness (QED) is 0.847. The largest absolute Gasteiger partial charge is 0.480 e. The number of benzene rings is 1. The maximum atomic E-state index is 10.8. The first-order valence-corrected chi connectivity index (χ1v) is 5.41. The van der Waals surface area contributed by atoms with E-state index in [2.05, 4.69) is 19.9 Å². The van der Waals surface area contributed by atoms with E-state index in [0.29, 0.717) is 6.54 Å². The van der Waals surface area contributed by atoms with Crippen molar-refractivity contribution in [1.29, 1.82) is 0 Å². The molecule has 88 valence electrons. The van der Waals surface area contributed by atoms with Gasteiger partial charge in [-0.3, -0.25) is 9.69 Å². The zero-order chi connectivity index (χ0) is 12.3. The highest BCUT2D eigenvalue weighted by molar-refractivity contribution is 5.72. The van der Waals surface area contributed by atoms with Gasteiger partial charge in [0.05, 0.1) is 0 Å². The van der Waals surface area contributed by atoms with Crippen molar-refractivity contribution >= 4 is 5.97 Å². The van der Waals surface area contributed by atoms with Gasteiger partial charge in [-0.15, -0.1) is 0 Å². The molecule has 1 rings (SSSR count). The second kappa shape index (κ2) is 5.12. The van der Waals surface area contributed by atoms with Gasteiger partial charge in [0.2, 0.25) is 0 Å². The van der Waals surface area contributed by atoms with Crippen LogP contribution in [-0.2, 0) is 11.3 Å². The summed E-state index contributed by atoms with van der Waals surface area (Å²) in [6.45, 7) is 6.51. The second-order valence-corrected chi connectivity index (χ2v) is 4.29. The molecule has 0 aliphatic rings. The molecule has 0 bridgehead atoms. The predicted octanol–water partition coefficient (Wildman–Crippen LogP) is 2.21. The number of nitrogens with zero attached hydrogens (tertiary/aromatic N) is 1. The Bertz CT molecular complexity index is 388. The normalized spacial score (nSPS) is 12.8. The molecule has 0 fully saturated rings. The number of aliphatic carboxylic acids is 1. The number of rotatable bonds is 4. The maximum absolute atomic E-state index is 10.8. The smallest absolute Gasteiger partial charge is 0.320 e. The molecule has 0 aliphatic heterocycles. The van der Waals surface area contributed by atoms with Crippen molar-refractivity contribution in [3.05, 3.63) is 34.9 Å². The van der Waals surface area contributed by atoms with E-state index in [1.165, 1.54) is 16.7 Å². The summed E-state index contributed by atoms with van der Waals surface area (Å²) < 4.78 is 0. The average Bonchev–Trinajstić information content (AvgIpc) is 2.23. The Labute approximate surface area is 96.7 Å². The lowest BCUT2D eigenvalue weighted by molar-refractivity contribution is -0.142. The van der Waals surface area contributed by atoms with Crippen LogP contribution in [0.4, 0.5) is 0 Å². The topological polar surface area (TPSA) is 40.5 Å². The lowest BCUT2D eigenvalue weighted by Crippen LogP contribution is -2.35. The highest BCUT2D eigenvalue weighted by Gasteiger charge is 2.17. The van der Waals surface area contributed by atoms with E-state index in [-0.39, 0.29) is 0 Å². The van der Waals surface area contributed by atoms with Gasteiger partial charge in [0, 0.05) is 6.54 Å². The highest BCUT2D eigenvalue weighted by atomic mass is 16.4. The monoisotopic (exact) mass is 221 g/mol. The van der Waals surface area contributed by atoms with Gasteiger partial charge in [-0.25, -0.2) is 0 Å². The Kier molecular flexibility index (Phi) is 4.07. The van der Waals surface area contributed by atoms with Crippen molar-refractivity contribution in [2.24, 2.45) is 0 Å². The Hall–Kier alpha value is -1.35. The molecule has 1 aromatic carbocycles. The molecular weight excluding hydrogens is 202 g/mol. The molecule has 1 atom stereocenters. The third kappa shape index (κ3) is 2.83. The maximum Gasteiger partial charge on any atom is 0.320 e. The second-order valence-electron chi connectivity index (χ2n) is 4.29. The summed E-state index contributed by atoms with van der Waals surface area (Å²) in [4.78, 5) is 12.7. The fourth-order valence-corrected chi connectivity index (χ4v) is 1.58. The molecule has 1 aromatic rings. The summed E-state index contributed by atoms with van der Waals surface area (Å²) in [5, 5.41) is 8.91. The molecule has 0 amide bonds. The van der Waals surface area contributed by atoms with E-state index in [0.717, 1.165) is 0 Å². The fraction of sp³-hybridized carbons (Fsp3) is 0.462. The number of carboxylic acid groups (broad SMARTS) is 1. The molecule has 0 aromatic heterocycles. The first kappa shape index (κ1) is 12.7. The molecule has 0 saturated carbocycles. The van der Waals surface area contributed by atoms with Crippen molar-refractivity contribution in [2.75, 3.05) is 7.05 Å². The minimum Gasteiger partial charge on any atom is -0.480 e. The van der Waals surface area contributed by atoms with Crippen molar-refractivity contribution in [1.82, 2.24) is 4.90 Å². The summed E-state index contributed by atoms with van der Waals surface area (Å²) in [6.07, 6.45) is 0. The molecule has 0 radical (unpaired) electrons. The van der Waals surface area contributed by atoms with Gasteiger partial charge in [0.25, 0.3) is 0 Å². The Morgan fingerprint density at radius 3 is 2.62 bits per heavy atom. The van der Waals surface area contributed by atoms with Crippen LogP contribution >= 0.6 is 0 Å². The minimum atomic E-state index is -0.784. The van der Waals surface area contributed by atoms with Gasteiger partial charge >= 0.3 is 5.97 Å². The molecule has 3 heteroatoms. The van der Waals surface area contributed by atoms with Gasteiger partial charge in [-0.2, -0.15) is 0 Å². The van der Waals surface area contributed by atoms with Crippen LogP contribution in [0, 0.1) is 13.8 Å². The summed E-state index contributed by atoms with van der Waals surface area (Å²) in [5.41, 5.74) is 3.68. The SMILES string of the molecule is Cc1cccc(CN(C)C(C)C(=O)O)c1C. The lowest BCUT2D eigenvalue weighted by atomic mass is 10.0. The molecular formula is C13H19NO2. The van der Waals surface area contributed by atoms with E-state index in [4.69, 9.17) is 5.11 Å². The van der Waals surface area contributed by atoms with Crippen molar-refractivity contribution in [2.45, 2.75) is 33.4 Å². The van der Waals surface area contributed by atoms with Crippen LogP contribution < -0.4 is 0 Å². The van der Waals surface area contributed by atoms with Gasteiger partial charge < -0.3 is 5.11 Å². The Balaban J connectivity index is 2.81. The van der Waals surface area contributed by atoms with Crippen LogP contribution in [0.15, 0.2) is 18.2 Å². The predicted molar refractivity (Wildman–Crippen MR) is 64.5 cm³/mol. The van der Waals surface area contributed by atoms with Crippen LogP contribution in [0.3, 0.4) is 0 Å². The van der Waals surface area contributed by atoms with Crippen LogP contribution in [0.1, 0.15) is 23.6 Å². The number of aryl methyl sites for hydroxylation is 1. The van der Waals surface area contributed by atoms with Gasteiger partial charge in [0.1, 0.15) is 6.04 Å². The van der Waals surface area contributed by atoms with E-state index >= 15 is 0 Å². The fourth-order valence-electron chi connectivity index (χ4n) is 1.58. The summed E-state index contributed by atoms with van der Waals surface area (Å²) in [6, 6.07) is 5.67. The Morgan fingerprint density at radius 2 is 2.06 bits per heavy atom. The lowest BCUT2D eigenvalue weighted by Gasteiger charge is -2.22. The summed E-state index contributed by atoms with van der Waals surface area (Å²) in [5.74, 6) is -0.784. The summed E-state index contributed by atoms with van der Waals surface area (Å²) >= 11 is 0. The first-order valence-electron chi connectivity index (χ1n) is 5.41. The van der Waals surface area contributed by atoms with Gasteiger partial charge in [0.15, 0.2) is 0 Å². The number of hydrogen-bond donors (Lipinski definition) is 1. The Morgan fingerprint density at radius 1 is 1.44 bits per heavy atom. The van der Waals surface area contributed by atoms with E-state index < -0.39 is 12.0 Å². The van der Waals surface area contributed by atoms with Crippen LogP contribution in [0.25, 0.3) is 0 Å². The molecule has 16 heavy (non-hydrogen) atoms. The third-order valence-electron chi connectivity index (χ3n) is 3.16. The number of likely N-dealkylation sites (N-methyl/N-ethyl adjacent to an activating group) is 1. The highest BCUT2D eigenvalue weighted by Crippen LogP contribution is 2.15. The van der Waals surface area contributed by atoms with E-state index in [1.54, 1.807) is 6.92 Å². The molecule has 0 spiro atoms. The first-order chi connectivity index (χ1) is 7.43. The van der Waals surface area contributed by atoms with E-state index in [9.17, 15) is 4.79 Å². The molecule has 3 nitrogen and oxygen atoms in total. The standard InChI is InChI=1S/C13H19NO2/c1-9-6-5-7-12(10(9)2)8-14(4)11(3)13(15)16/h5-7,11H,8H2,1-4H3,(H,15,16). The molecule has 0 aliphatic carbocycles. The third-order valence-corrected chi connectivity index (χ3v) is 3.16. The van der Waals surface area contributed by atoms with Crippen molar-refractivity contribution in [3.63, 3.8) is 0 Å². The molecule has 0 heterocycles. The van der Waals surface area contributed by atoms with Gasteiger partial charge in [-0.05, 0) is 44.5 Å². The zero-order valence-corrected chi connectivity index (χ0v) is 10.3. The van der Waals surface area contributed by atoms with E-state index in [1.807, 2.05) is 24.1 Å².